The van der Waals surface area contributed by atoms with Gasteiger partial charge in [-0.3, -0.25) is 0 Å². The molecule has 0 bridgehead atoms. The molecule has 592 valence electrons. The van der Waals surface area contributed by atoms with Gasteiger partial charge in [-0.25, -0.2) is 0 Å². The van der Waals surface area contributed by atoms with Gasteiger partial charge in [0.1, 0.15) is 0 Å². The van der Waals surface area contributed by atoms with Gasteiger partial charge in [0.2, 0.25) is 0 Å². The Morgan fingerprint density at radius 3 is 1.16 bits per heavy atom. The lowest BCUT2D eigenvalue weighted by Crippen LogP contribution is -2.01. The fraction of sp³-hybridized carbons (Fsp3) is 0.0164. The van der Waals surface area contributed by atoms with Crippen molar-refractivity contribution in [2.24, 2.45) is 0 Å². The second-order valence-corrected chi connectivity index (χ2v) is 29.8. The van der Waals surface area contributed by atoms with Crippen LogP contribution in [0.15, 0.2) is 423 Å². The number of hydrogen-bond donors (Lipinski definition) is 0. The van der Waals surface area contributed by atoms with Crippen LogP contribution in [0, 0.1) is 6.92 Å². The smallest absolute Gasteiger partial charge is 0.0648 e. The minimum atomic E-state index is -1.81. The number of benzene rings is 20. The monoisotopic (exact) mass is 1690 g/mol. The highest BCUT2D eigenvalue weighted by atomic mass is 15.0. The summed E-state index contributed by atoms with van der Waals surface area (Å²) in [7, 11) is 0. The lowest BCUT2D eigenvalue weighted by molar-refractivity contribution is 1.01. The Labute approximate surface area is 833 Å². The third kappa shape index (κ3) is 9.53. The molecule has 28 aromatic rings. The van der Waals surface area contributed by atoms with Crippen molar-refractivity contribution >= 4 is 163 Å². The van der Waals surface area contributed by atoms with Crippen molar-refractivity contribution < 1.29 is 96.0 Å². The predicted molar refractivity (Wildman–Crippen MR) is 538 cm³/mol. The molecule has 0 amide bonds. The molecule has 0 spiro atoms. The van der Waals surface area contributed by atoms with Crippen LogP contribution in [0.3, 0.4) is 0 Å². The number of hydrogen-bond acceptors (Lipinski definition) is 0. The topological polar surface area (TPSA) is 28.5 Å². The van der Waals surface area contributed by atoms with Gasteiger partial charge in [-0.05, 0) is 229 Å². The summed E-state index contributed by atoms with van der Waals surface area (Å²) >= 11 is 0. The van der Waals surface area contributed by atoms with Crippen LogP contribution in [0.1, 0.15) is 124 Å². The Morgan fingerprint density at radius 2 is 0.562 bits per heavy atom. The van der Waals surface area contributed by atoms with Gasteiger partial charge in [-0.15, -0.1) is 0 Å². The van der Waals surface area contributed by atoms with Crippen molar-refractivity contribution in [3.05, 3.63) is 445 Å². The molecule has 0 N–H and O–H groups in total. The van der Waals surface area contributed by atoms with Crippen LogP contribution in [0.4, 0.5) is 0 Å². The molecule has 1 atom stereocenters. The summed E-state index contributed by atoms with van der Waals surface area (Å²) < 4.78 is 659. The van der Waals surface area contributed by atoms with Crippen LogP contribution < -0.4 is 0 Å². The maximum Gasteiger partial charge on any atom is 0.0648 e. The van der Waals surface area contributed by atoms with Crippen LogP contribution in [-0.2, 0) is 0 Å². The fourth-order valence-electron chi connectivity index (χ4n) is 18.4. The van der Waals surface area contributed by atoms with E-state index in [1.807, 2.05) is 0 Å². The Kier molecular flexibility index (Phi) is 6.30. The highest BCUT2D eigenvalue weighted by Crippen LogP contribution is 2.58. The molecule has 2 aliphatic rings. The summed E-state index contributed by atoms with van der Waals surface area (Å²) in [5.74, 6) is -1.81. The molecule has 0 fully saturated rings. The van der Waals surface area contributed by atoms with Crippen molar-refractivity contribution in [3.8, 4) is 89.5 Å². The van der Waals surface area contributed by atoms with Gasteiger partial charge in [0.05, 0.1) is 179 Å². The first-order valence-electron chi connectivity index (χ1n) is 73.9. The molecule has 1 aliphatic heterocycles. The third-order valence-corrected chi connectivity index (χ3v) is 23.4. The van der Waals surface area contributed by atoms with Gasteiger partial charge in [0.15, 0.2) is 0 Å². The maximum atomic E-state index is 10.4. The summed E-state index contributed by atoms with van der Waals surface area (Å²) in [6.07, 6.45) is 0. The van der Waals surface area contributed by atoms with E-state index in [1.54, 1.807) is 0 Å². The molecule has 6 nitrogen and oxygen atoms in total. The van der Waals surface area contributed by atoms with E-state index < -0.39 is 649 Å². The van der Waals surface area contributed by atoms with E-state index in [-0.39, 0.29) is 55.0 Å². The lowest BCUT2D eigenvalue weighted by atomic mass is 9.88. The standard InChI is InChI=1S/C62H37N3.C60H37N3/c1-35-31-49-44-21-10-20-43-48-34-38(28-30-51(48)65(62(43)44)54-26-12-25-53-60(54)59(49)55(32-35)63(53)39-15-6-3-7-16-39)37-27-29-50-47(33-37)42-19-9-18-41-40-17-8-22-45-56(36-13-4-2-5-14-36)46-23-11-24-52(58(46)57(40)45)64(50)61(41)42;1-3-12-38(13-4-1)40-24-30-44(31-25-40)61-52-20-8-7-16-46(52)50-36-42(28-34-53(50)61)43-29-35-54-51(37-43)49-19-9-18-48-47-17-10-21-55-58(47)59-56(22-11-23-57(59)63(54)60(48)49)62(55)45-32-26-41(27-33-45)39-14-5-2-6-15-39/h2-34,56H,1H3;1-37H/i2D,3D,4D,5D,6D,7D,8D,9D,10D,11D,12D,13D,14D,15D,16D,17D,18D,19D,20D,21D,22D,23D,24D,25D,26D,27D,28D,29D,30D,31D,32D,33D,34D;1D,2D,3D,4D,5D,6D,7D,8D,9D,10D,11D,12D,13D,14D,15D,16D,17D,18D,19D,20D,21D,22D,23D,24D,25D,26D,27D,28D,29D,30D,31D,32D,33D,34D,35D,36D,37D. The summed E-state index contributed by atoms with van der Waals surface area (Å²) in [6.45, 7) is 1.33. The van der Waals surface area contributed by atoms with E-state index in [0.717, 1.165) is 22.5 Å². The van der Waals surface area contributed by atoms with E-state index in [2.05, 4.69) is 0 Å². The zero-order chi connectivity index (χ0) is 144. The SMILES string of the molecule is [2H]c1c([2H])c([2H])c(-c2c([2H])c([2H])c(-n3c4c([2H])c([2H])c([2H])c([2H])c4c4c([2H])c(-c5c([2H])c([2H])c6c(c5[2H])c5c([2H])c([2H])c([2H])c7c8c([2H])c([2H])c([2H])c9c8c8c(c([2H])c([2H])c([2H])c8n6c75)n9-c5c([2H])c([2H])c(-c6c([2H])c([2H])c([2H])c([2H])c6[2H])c([2H])c5[2H])c([2H])c([2H])c43)c([2H])c2[2H])c([2H])c1[2H].[2H]c1c([2H])c([2H])c(C2c3c([2H])c([2H])c([2H])c4c3-c3c2c([2H])c([2H])c([2H])c3-n2c3c([2H])c([2H])c(-c5c([2H])c([2H])c6c(c5[2H])c5c([2H])c([2H])c([2H])c7c8c([2H])c(C)c([2H])c9c8c8c(c([2H])c([2H])c([2H])c8n6c75)n9-c5c([2H])c([2H])c([2H])c([2H])c5[2H])c([2H])c3c3c([2H])c([2H])c([2H])c-4c32)c([2H])c1[2H]. The van der Waals surface area contributed by atoms with Gasteiger partial charge in [0, 0.05) is 110 Å². The highest BCUT2D eigenvalue weighted by molar-refractivity contribution is 6.34. The van der Waals surface area contributed by atoms with Crippen molar-refractivity contribution in [3.63, 3.8) is 0 Å². The van der Waals surface area contributed by atoms with E-state index >= 15 is 0 Å². The molecular formula is C122H74N6. The molecule has 1 aliphatic carbocycles. The Morgan fingerprint density at radius 1 is 0.203 bits per heavy atom. The summed E-state index contributed by atoms with van der Waals surface area (Å²) in [6, 6.07) is -64.3. The average Bonchev–Trinajstić information content (AvgIpc) is 1.49. The van der Waals surface area contributed by atoms with Gasteiger partial charge in [-0.2, -0.15) is 0 Å². The van der Waals surface area contributed by atoms with E-state index in [4.69, 9.17) is 30.2 Å². The minimum absolute atomic E-state index is 0.170. The second kappa shape index (κ2) is 26.1. The molecule has 0 saturated heterocycles. The summed E-state index contributed by atoms with van der Waals surface area (Å²) in [5.41, 5.74) is -20.4. The number of aromatic nitrogens is 6. The van der Waals surface area contributed by atoms with Crippen molar-refractivity contribution in [1.29, 1.82) is 0 Å². The first kappa shape index (κ1) is 30.9. The predicted octanol–water partition coefficient (Wildman–Crippen LogP) is 32.2. The molecule has 1 unspecified atom stereocenters. The Hall–Kier alpha value is -16.8. The van der Waals surface area contributed by atoms with Crippen molar-refractivity contribution in [1.82, 2.24) is 27.1 Å². The number of rotatable bonds is 8. The van der Waals surface area contributed by atoms with Crippen LogP contribution in [0.25, 0.3) is 253 Å². The van der Waals surface area contributed by atoms with E-state index in [0.29, 0.717) is 4.57 Å². The van der Waals surface area contributed by atoms with E-state index in [9.17, 15) is 65.8 Å². The van der Waals surface area contributed by atoms with Crippen LogP contribution in [0.5, 0.6) is 0 Å². The second-order valence-electron chi connectivity index (χ2n) is 29.8. The molecular weight excluding hydrogens is 1550 g/mol. The van der Waals surface area contributed by atoms with Crippen LogP contribution in [-0.4, -0.2) is 27.1 Å². The van der Waals surface area contributed by atoms with Gasteiger partial charge in [0.25, 0.3) is 0 Å². The maximum absolute atomic E-state index is 10.4. The number of fused-ring (bicyclic) bond motifs is 18. The molecule has 30 rings (SSSR count). The Bertz CT molecular complexity index is 14100. The number of nitrogens with zero attached hydrogens (tertiary/aromatic N) is 6. The van der Waals surface area contributed by atoms with Gasteiger partial charge >= 0.3 is 0 Å². The quantitative estimate of drug-likeness (QED) is 0.145. The normalized spacial score (nSPS) is 20.8. The molecule has 0 radical (unpaired) electrons. The molecule has 0 saturated carbocycles. The highest BCUT2D eigenvalue weighted by Gasteiger charge is 2.38. The van der Waals surface area contributed by atoms with Crippen LogP contribution >= 0.6 is 0 Å². The average molecular weight is 1690 g/mol. The van der Waals surface area contributed by atoms with Gasteiger partial charge in [-0.1, -0.05) is 290 Å². The third-order valence-electron chi connectivity index (χ3n) is 23.4. The van der Waals surface area contributed by atoms with Crippen molar-refractivity contribution in [2.75, 3.05) is 0 Å². The van der Waals surface area contributed by atoms with Gasteiger partial charge < -0.3 is 27.1 Å². The molecule has 6 heteroatoms. The number of para-hydroxylation sites is 5. The summed E-state index contributed by atoms with van der Waals surface area (Å²) in [4.78, 5) is 0. The lowest BCUT2D eigenvalue weighted by Gasteiger charge is -2.17. The Balaban J connectivity index is 0.000000172. The summed E-state index contributed by atoms with van der Waals surface area (Å²) in [5, 5.41) is -8.22. The van der Waals surface area contributed by atoms with Crippen molar-refractivity contribution in [2.45, 2.75) is 12.8 Å². The first-order chi connectivity index (χ1) is 92.7. The molecule has 8 aromatic heterocycles. The molecule has 9 heterocycles. The molecule has 20 aromatic carbocycles. The molecule has 128 heavy (non-hydrogen) atoms. The fourth-order valence-corrected chi connectivity index (χ4v) is 18.4. The van der Waals surface area contributed by atoms with Crippen LogP contribution in [0.2, 0.25) is 0 Å². The van der Waals surface area contributed by atoms with E-state index in [1.165, 1.54) is 6.92 Å². The largest absolute Gasteiger partial charge is 0.309 e. The minimum Gasteiger partial charge on any atom is -0.309 e. The zero-order valence-corrected chi connectivity index (χ0v) is 64.3. The first-order valence-corrected chi connectivity index (χ1v) is 38.9. The zero-order valence-electron chi connectivity index (χ0n) is 134.